The Balaban J connectivity index is 0.000000195. The van der Waals surface area contributed by atoms with Crippen LogP contribution in [-0.4, -0.2) is 109 Å². The lowest BCUT2D eigenvalue weighted by Gasteiger charge is -1.99. The van der Waals surface area contributed by atoms with Crippen molar-refractivity contribution < 1.29 is 50.4 Å². The third-order valence-electron chi connectivity index (χ3n) is 12.3. The Morgan fingerprint density at radius 1 is 0.323 bits per heavy atom. The number of benzene rings is 5. The lowest BCUT2D eigenvalue weighted by atomic mass is 10.1. The second-order valence-electron chi connectivity index (χ2n) is 20.8. The van der Waals surface area contributed by atoms with Crippen LogP contribution in [0, 0.1) is 12.7 Å². The van der Waals surface area contributed by atoms with Crippen LogP contribution in [0.4, 0.5) is 4.39 Å². The van der Waals surface area contributed by atoms with Crippen molar-refractivity contribution in [2.24, 2.45) is 0 Å². The average Bonchev–Trinajstić information content (AvgIpc) is 1.80. The second-order valence-corrected chi connectivity index (χ2v) is 29.3. The van der Waals surface area contributed by atoms with Gasteiger partial charge in [0.15, 0.2) is 0 Å². The Morgan fingerprint density at radius 2 is 0.586 bits per heavy atom. The van der Waals surface area contributed by atoms with Crippen LogP contribution in [0.5, 0.6) is 0 Å². The van der Waals surface area contributed by atoms with Gasteiger partial charge >= 0.3 is 0 Å². The number of hydrogen-bond acceptors (Lipinski definition) is 25. The molecule has 0 radical (unpaired) electrons. The first-order valence-corrected chi connectivity index (χ1v) is 37.6. The van der Waals surface area contributed by atoms with Crippen LogP contribution in [0.1, 0.15) is 98.0 Å². The molecule has 5 heterocycles. The maximum absolute atomic E-state index is 12.9. The summed E-state index contributed by atoms with van der Waals surface area (Å²) < 4.78 is 40.5. The zero-order chi connectivity index (χ0) is 72.0. The highest BCUT2D eigenvalue weighted by molar-refractivity contribution is 7.99. The molecule has 0 unspecified atom stereocenters. The standard InChI is InChI=1S/C14H14Cl2N2O2S.2C13H12Cl2N2O2S.C13H13ClN2O2S.C12H10ClFN2O2S/c1-9(19)4-2-3-7-21-14-18-17-13(20-14)11-6-5-10(15)8-12(11)16;2*1-8(18)3-2-6-20-13-17-16-12(19-13)10-5-4-9(14)7-11(10)15;1-8-3-4-10(11(14)7-8)12-15-16-13(18-12)19-6-5-9(2)17;1-7(17)4-5-19-12-16-15-11(18-12)9-3-2-8(14)6-10(9)13/h5-6,8H,2-4,7H2,1H3;2*4-5,7H,2-3,6H2,1H3;3-4,7H,5-6H2,1-2H3;2-3,6H,4-5H2,1H3. The summed E-state index contributed by atoms with van der Waals surface area (Å²) in [6, 6.07) is 24.9. The largest absolute Gasteiger partial charge is 0.411 e. The number of ketones is 5. The fourth-order valence-corrected chi connectivity index (χ4v) is 13.3. The number of aryl methyl sites for hydroxylation is 1. The summed E-state index contributed by atoms with van der Waals surface area (Å²) in [6.45, 7) is 9.82. The van der Waals surface area contributed by atoms with E-state index in [9.17, 15) is 28.4 Å². The van der Waals surface area contributed by atoms with Gasteiger partial charge in [0.05, 0.1) is 52.9 Å². The molecule has 20 nitrogen and oxygen atoms in total. The summed E-state index contributed by atoms with van der Waals surface area (Å²) in [6.07, 6.45) is 6.09. The maximum atomic E-state index is 12.9. The molecular weight excluding hydrogens is 1540 g/mol. The molecule has 0 aliphatic carbocycles. The Kier molecular flexibility index (Phi) is 35.8. The quantitative estimate of drug-likeness (QED) is 0.0311. The SMILES string of the molecule is CC(=O)CCCCSc1nnc(-c2ccc(Cl)cc2Cl)o1.CC(=O)CCCSc1nnc(-c2ccc(Cl)cc2Cl)o1.CC(=O)CCCSc1nnc(-c2ccc(Cl)cc2Cl)o1.CC(=O)CCSc1nnc(-c2ccc(C)cc2Cl)o1.CC(=O)CCSc1nnc(-c2ccc(F)cc2Cl)o1. The van der Waals surface area contributed by atoms with Crippen molar-refractivity contribution in [2.45, 2.75) is 125 Å². The van der Waals surface area contributed by atoms with Crippen LogP contribution in [0.15, 0.2) is 139 Å². The van der Waals surface area contributed by atoms with Gasteiger partial charge in [-0.05, 0) is 158 Å². The van der Waals surface area contributed by atoms with Crippen molar-refractivity contribution >= 4 is 181 Å². The van der Waals surface area contributed by atoms with Crippen LogP contribution < -0.4 is 0 Å². The van der Waals surface area contributed by atoms with E-state index in [2.05, 4.69) is 51.0 Å². The molecule has 0 saturated heterocycles. The summed E-state index contributed by atoms with van der Waals surface area (Å²) in [4.78, 5) is 54.1. The first-order chi connectivity index (χ1) is 47.3. The maximum Gasteiger partial charge on any atom is 0.276 e. The molecule has 0 aliphatic heterocycles. The fraction of sp³-hybridized carbons (Fsp3) is 0.308. The molecule has 0 saturated carbocycles. The van der Waals surface area contributed by atoms with Crippen molar-refractivity contribution in [3.8, 4) is 57.3 Å². The lowest BCUT2D eigenvalue weighted by molar-refractivity contribution is -0.117. The molecule has 34 heteroatoms. The third-order valence-corrected chi connectivity index (χ3v) is 19.0. The molecule has 99 heavy (non-hydrogen) atoms. The van der Waals surface area contributed by atoms with Crippen LogP contribution in [0.3, 0.4) is 0 Å². The zero-order valence-corrected chi connectivity index (χ0v) is 63.7. The smallest absolute Gasteiger partial charge is 0.276 e. The van der Waals surface area contributed by atoms with Gasteiger partial charge in [-0.25, -0.2) is 4.39 Å². The fourth-order valence-electron chi connectivity index (χ4n) is 7.49. The van der Waals surface area contributed by atoms with Gasteiger partial charge in [-0.3, -0.25) is 9.59 Å². The van der Waals surface area contributed by atoms with Gasteiger partial charge < -0.3 is 36.5 Å². The van der Waals surface area contributed by atoms with E-state index in [1.807, 2.05) is 25.1 Å². The highest BCUT2D eigenvalue weighted by Gasteiger charge is 2.18. The topological polar surface area (TPSA) is 280 Å². The minimum Gasteiger partial charge on any atom is -0.411 e. The molecule has 0 amide bonds. The number of halogens is 9. The van der Waals surface area contributed by atoms with E-state index in [0.717, 1.165) is 54.1 Å². The molecule has 5 aromatic heterocycles. The molecule has 0 spiro atoms. The van der Waals surface area contributed by atoms with Gasteiger partial charge in [0.2, 0.25) is 29.5 Å². The molecular formula is C65H61Cl8FN10O10S5. The lowest BCUT2D eigenvalue weighted by Crippen LogP contribution is -1.91. The molecule has 0 aliphatic rings. The van der Waals surface area contributed by atoms with E-state index < -0.39 is 5.82 Å². The number of Topliss-reactive ketones (excluding diaryl/α,β-unsaturated/α-hetero) is 5. The molecule has 0 fully saturated rings. The van der Waals surface area contributed by atoms with Crippen molar-refractivity contribution in [2.75, 3.05) is 28.8 Å². The van der Waals surface area contributed by atoms with Crippen LogP contribution in [0.25, 0.3) is 57.3 Å². The van der Waals surface area contributed by atoms with E-state index in [1.165, 1.54) is 83.9 Å². The molecule has 10 rings (SSSR count). The number of unbranched alkanes of at least 4 members (excludes halogenated alkanes) is 1. The van der Waals surface area contributed by atoms with Crippen molar-refractivity contribution in [3.63, 3.8) is 0 Å². The number of carbonyl (C=O) groups excluding carboxylic acids is 5. The number of thioether (sulfide) groups is 5. The zero-order valence-electron chi connectivity index (χ0n) is 53.6. The van der Waals surface area contributed by atoms with Gasteiger partial charge in [0.25, 0.3) is 26.1 Å². The summed E-state index contributed by atoms with van der Waals surface area (Å²) >= 11 is 54.8. The molecule has 10 aromatic rings. The van der Waals surface area contributed by atoms with Crippen LogP contribution in [-0.2, 0) is 24.0 Å². The highest BCUT2D eigenvalue weighted by atomic mass is 35.5. The predicted octanol–water partition coefficient (Wildman–Crippen LogP) is 21.3. The molecule has 5 aromatic carbocycles. The summed E-state index contributed by atoms with van der Waals surface area (Å²) in [5, 5.41) is 45.5. The minimum atomic E-state index is -0.427. The van der Waals surface area contributed by atoms with E-state index in [4.69, 9.17) is 115 Å². The third kappa shape index (κ3) is 29.9. The first-order valence-electron chi connectivity index (χ1n) is 29.7. The van der Waals surface area contributed by atoms with Crippen molar-refractivity contribution in [3.05, 3.63) is 143 Å². The Labute approximate surface area is 630 Å². The number of aromatic nitrogens is 10. The summed E-state index contributed by atoms with van der Waals surface area (Å²) in [5.74, 6) is 5.72. The van der Waals surface area contributed by atoms with Crippen LogP contribution >= 0.6 is 152 Å². The van der Waals surface area contributed by atoms with Gasteiger partial charge in [0, 0.05) is 75.9 Å². The van der Waals surface area contributed by atoms with Gasteiger partial charge in [0.1, 0.15) is 34.7 Å². The van der Waals surface area contributed by atoms with E-state index in [-0.39, 0.29) is 39.8 Å². The van der Waals surface area contributed by atoms with Crippen molar-refractivity contribution in [1.82, 2.24) is 51.0 Å². The minimum absolute atomic E-state index is 0.105. The van der Waals surface area contributed by atoms with E-state index in [1.54, 1.807) is 82.3 Å². The van der Waals surface area contributed by atoms with Gasteiger partial charge in [-0.2, -0.15) is 0 Å². The Morgan fingerprint density at radius 3 is 0.879 bits per heavy atom. The summed E-state index contributed by atoms with van der Waals surface area (Å²) in [7, 11) is 0. The normalized spacial score (nSPS) is 10.7. The first kappa shape index (κ1) is 82.1. The second kappa shape index (κ2) is 43.2. The predicted molar refractivity (Wildman–Crippen MR) is 392 cm³/mol. The summed E-state index contributed by atoms with van der Waals surface area (Å²) in [5.41, 5.74) is 4.24. The Hall–Kier alpha value is -5.85. The van der Waals surface area contributed by atoms with Crippen molar-refractivity contribution in [1.29, 1.82) is 0 Å². The number of rotatable bonds is 29. The monoisotopic (exact) mass is 1600 g/mol. The number of hydrogen-bond donors (Lipinski definition) is 0. The molecule has 0 N–H and O–H groups in total. The average molecular weight is 1610 g/mol. The Bertz CT molecular complexity index is 4100. The molecule has 0 atom stereocenters. The van der Waals surface area contributed by atoms with E-state index >= 15 is 0 Å². The van der Waals surface area contributed by atoms with Crippen LogP contribution in [0.2, 0.25) is 40.2 Å². The molecule has 524 valence electrons. The molecule has 0 bridgehead atoms. The highest BCUT2D eigenvalue weighted by Crippen LogP contribution is 2.36. The number of carbonyl (C=O) groups is 5. The van der Waals surface area contributed by atoms with Gasteiger partial charge in [-0.15, -0.1) is 51.0 Å². The van der Waals surface area contributed by atoms with E-state index in [0.29, 0.717) is 151 Å². The van der Waals surface area contributed by atoms with Gasteiger partial charge in [-0.1, -0.05) is 158 Å². The number of nitrogens with zero attached hydrogens (tertiary/aromatic N) is 10.